The lowest BCUT2D eigenvalue weighted by Crippen LogP contribution is -2.04. The van der Waals surface area contributed by atoms with Crippen molar-refractivity contribution >= 4 is 23.3 Å². The number of nitrogens with zero attached hydrogens (tertiary/aromatic N) is 3. The molecule has 0 fully saturated rings. The molecule has 1 heterocycles. The zero-order chi connectivity index (χ0) is 14.2. The lowest BCUT2D eigenvalue weighted by atomic mass is 10.1. The molecule has 0 aliphatic heterocycles. The van der Waals surface area contributed by atoms with Gasteiger partial charge in [0.15, 0.2) is 0 Å². The van der Waals surface area contributed by atoms with Crippen LogP contribution in [0, 0.1) is 17.0 Å². The van der Waals surface area contributed by atoms with Gasteiger partial charge in [-0.3, -0.25) is 10.1 Å². The summed E-state index contributed by atoms with van der Waals surface area (Å²) in [5.41, 5.74) is 0.0799. The second kappa shape index (κ2) is 4.69. The number of aromatic carboxylic acids is 1. The van der Waals surface area contributed by atoms with Gasteiger partial charge in [-0.1, -0.05) is 11.6 Å². The van der Waals surface area contributed by atoms with E-state index in [1.165, 1.54) is 23.0 Å². The molecule has 1 aromatic heterocycles. The summed E-state index contributed by atoms with van der Waals surface area (Å²) in [6, 6.07) is 3.74. The van der Waals surface area contributed by atoms with Gasteiger partial charge in [-0.25, -0.2) is 9.48 Å². The van der Waals surface area contributed by atoms with Crippen molar-refractivity contribution in [3.8, 4) is 5.69 Å². The van der Waals surface area contributed by atoms with Gasteiger partial charge in [0.2, 0.25) is 0 Å². The predicted molar refractivity (Wildman–Crippen MR) is 66.9 cm³/mol. The Labute approximate surface area is 112 Å². The number of halogens is 1. The third kappa shape index (κ3) is 2.41. The van der Waals surface area contributed by atoms with E-state index in [1.807, 2.05) is 0 Å². The maximum Gasteiger partial charge on any atom is 0.342 e. The zero-order valence-corrected chi connectivity index (χ0v) is 10.5. The van der Waals surface area contributed by atoms with Crippen LogP contribution in [0.4, 0.5) is 5.69 Å². The SMILES string of the molecule is Cc1nn(-c2ccc(C(=O)O)c([N+](=O)[O-])c2)cc1Cl. The van der Waals surface area contributed by atoms with Crippen LogP contribution in [0.25, 0.3) is 5.69 Å². The van der Waals surface area contributed by atoms with E-state index in [-0.39, 0.29) is 5.56 Å². The molecule has 1 aromatic carbocycles. The van der Waals surface area contributed by atoms with E-state index in [9.17, 15) is 14.9 Å². The van der Waals surface area contributed by atoms with Crippen molar-refractivity contribution in [2.24, 2.45) is 0 Å². The Balaban J connectivity index is 2.58. The number of carbonyl (C=O) groups is 1. The monoisotopic (exact) mass is 281 g/mol. The van der Waals surface area contributed by atoms with E-state index in [4.69, 9.17) is 16.7 Å². The van der Waals surface area contributed by atoms with E-state index >= 15 is 0 Å². The van der Waals surface area contributed by atoms with Crippen LogP contribution in [0.15, 0.2) is 24.4 Å². The quantitative estimate of drug-likeness (QED) is 0.688. The minimum absolute atomic E-state index is 0.367. The van der Waals surface area contributed by atoms with Gasteiger partial charge in [0.05, 0.1) is 21.3 Å². The molecule has 0 spiro atoms. The average Bonchev–Trinajstić information content (AvgIpc) is 2.68. The van der Waals surface area contributed by atoms with Gasteiger partial charge >= 0.3 is 5.97 Å². The second-order valence-electron chi connectivity index (χ2n) is 3.77. The summed E-state index contributed by atoms with van der Waals surface area (Å²) in [6.45, 7) is 1.69. The molecule has 0 atom stereocenters. The highest BCUT2D eigenvalue weighted by Gasteiger charge is 2.20. The number of carboxylic acids is 1. The number of nitro benzene ring substituents is 1. The highest BCUT2D eigenvalue weighted by Crippen LogP contribution is 2.24. The third-order valence-corrected chi connectivity index (χ3v) is 2.88. The van der Waals surface area contributed by atoms with Crippen LogP contribution in [0.2, 0.25) is 5.02 Å². The van der Waals surface area contributed by atoms with Crippen LogP contribution < -0.4 is 0 Å². The van der Waals surface area contributed by atoms with Gasteiger partial charge in [-0.05, 0) is 19.1 Å². The van der Waals surface area contributed by atoms with Gasteiger partial charge in [0, 0.05) is 12.3 Å². The Hall–Kier alpha value is -2.41. The molecule has 0 bridgehead atoms. The fourth-order valence-corrected chi connectivity index (χ4v) is 1.70. The molecule has 8 heteroatoms. The summed E-state index contributed by atoms with van der Waals surface area (Å²) < 4.78 is 1.36. The first-order chi connectivity index (χ1) is 8.90. The minimum atomic E-state index is -1.35. The molecule has 0 radical (unpaired) electrons. The highest BCUT2D eigenvalue weighted by atomic mass is 35.5. The molecule has 7 nitrogen and oxygen atoms in total. The van der Waals surface area contributed by atoms with Gasteiger partial charge in [-0.2, -0.15) is 5.10 Å². The van der Waals surface area contributed by atoms with E-state index < -0.39 is 16.6 Å². The molecule has 0 unspecified atom stereocenters. The molecule has 2 rings (SSSR count). The number of hydrogen-bond acceptors (Lipinski definition) is 4. The average molecular weight is 282 g/mol. The number of hydrogen-bond donors (Lipinski definition) is 1. The van der Waals surface area contributed by atoms with Crippen LogP contribution in [-0.2, 0) is 0 Å². The molecule has 0 saturated carbocycles. The van der Waals surface area contributed by atoms with E-state index in [2.05, 4.69) is 5.10 Å². The summed E-state index contributed by atoms with van der Waals surface area (Å²) >= 11 is 5.85. The van der Waals surface area contributed by atoms with Crippen molar-refractivity contribution < 1.29 is 14.8 Å². The number of aromatic nitrogens is 2. The normalized spacial score (nSPS) is 10.4. The number of nitro groups is 1. The molecule has 0 aliphatic rings. The van der Waals surface area contributed by atoms with Crippen LogP contribution in [0.5, 0.6) is 0 Å². The smallest absolute Gasteiger partial charge is 0.342 e. The third-order valence-electron chi connectivity index (χ3n) is 2.51. The van der Waals surface area contributed by atoms with Crippen LogP contribution in [0.1, 0.15) is 16.1 Å². The Bertz CT molecular complexity index is 661. The van der Waals surface area contributed by atoms with E-state index in [0.717, 1.165) is 6.07 Å². The maximum absolute atomic E-state index is 10.9. The first kappa shape index (κ1) is 13.0. The molecule has 98 valence electrons. The Morgan fingerprint density at radius 2 is 2.21 bits per heavy atom. The number of carboxylic acid groups (broad SMARTS) is 1. The van der Waals surface area contributed by atoms with Crippen molar-refractivity contribution in [3.63, 3.8) is 0 Å². The minimum Gasteiger partial charge on any atom is -0.477 e. The molecule has 1 N–H and O–H groups in total. The van der Waals surface area contributed by atoms with E-state index in [1.54, 1.807) is 6.92 Å². The number of aryl methyl sites for hydroxylation is 1. The lowest BCUT2D eigenvalue weighted by molar-refractivity contribution is -0.385. The van der Waals surface area contributed by atoms with Gasteiger partial charge in [0.1, 0.15) is 5.56 Å². The van der Waals surface area contributed by atoms with Crippen molar-refractivity contribution in [3.05, 3.63) is 50.8 Å². The first-order valence-electron chi connectivity index (χ1n) is 5.14. The van der Waals surface area contributed by atoms with Gasteiger partial charge in [-0.15, -0.1) is 0 Å². The molecule has 0 amide bonds. The van der Waals surface area contributed by atoms with Crippen LogP contribution in [-0.4, -0.2) is 25.8 Å². The van der Waals surface area contributed by atoms with Crippen molar-refractivity contribution in [1.82, 2.24) is 9.78 Å². The largest absolute Gasteiger partial charge is 0.477 e. The van der Waals surface area contributed by atoms with Crippen LogP contribution in [0.3, 0.4) is 0 Å². The van der Waals surface area contributed by atoms with Crippen molar-refractivity contribution in [1.29, 1.82) is 0 Å². The van der Waals surface area contributed by atoms with E-state index in [0.29, 0.717) is 16.4 Å². The summed E-state index contributed by atoms with van der Waals surface area (Å²) in [5.74, 6) is -1.35. The molecule has 19 heavy (non-hydrogen) atoms. The summed E-state index contributed by atoms with van der Waals surface area (Å²) in [4.78, 5) is 21.0. The lowest BCUT2D eigenvalue weighted by Gasteiger charge is -2.03. The predicted octanol–water partition coefficient (Wildman–Crippen LogP) is 2.44. The standard InChI is InChI=1S/C11H8ClN3O4/c1-6-9(12)5-14(13-6)7-2-3-8(11(16)17)10(4-7)15(18)19/h2-5H,1H3,(H,16,17). The number of benzene rings is 1. The summed E-state index contributed by atoms with van der Waals surface area (Å²) in [7, 11) is 0. The Morgan fingerprint density at radius 3 is 2.68 bits per heavy atom. The zero-order valence-electron chi connectivity index (χ0n) is 9.70. The molecule has 0 saturated heterocycles. The fraction of sp³-hybridized carbons (Fsp3) is 0.0909. The van der Waals surface area contributed by atoms with Crippen molar-refractivity contribution in [2.75, 3.05) is 0 Å². The number of rotatable bonds is 3. The first-order valence-corrected chi connectivity index (χ1v) is 5.52. The molecule has 0 aliphatic carbocycles. The molecule has 2 aromatic rings. The molecular weight excluding hydrogens is 274 g/mol. The van der Waals surface area contributed by atoms with Crippen LogP contribution >= 0.6 is 11.6 Å². The Kier molecular flexibility index (Phi) is 3.22. The summed E-state index contributed by atoms with van der Waals surface area (Å²) in [6.07, 6.45) is 1.50. The Morgan fingerprint density at radius 1 is 1.53 bits per heavy atom. The summed E-state index contributed by atoms with van der Waals surface area (Å²) in [5, 5.41) is 24.2. The van der Waals surface area contributed by atoms with Gasteiger partial charge < -0.3 is 5.11 Å². The fourth-order valence-electron chi connectivity index (χ4n) is 1.57. The van der Waals surface area contributed by atoms with Gasteiger partial charge in [0.25, 0.3) is 5.69 Å². The maximum atomic E-state index is 10.9. The second-order valence-corrected chi connectivity index (χ2v) is 4.18. The highest BCUT2D eigenvalue weighted by molar-refractivity contribution is 6.31. The molecular formula is C11H8ClN3O4. The topological polar surface area (TPSA) is 98.3 Å². The van der Waals surface area contributed by atoms with Crippen molar-refractivity contribution in [2.45, 2.75) is 6.92 Å².